The molecule has 0 saturated carbocycles. The summed E-state index contributed by atoms with van der Waals surface area (Å²) in [5.74, 6) is 5.80. The van der Waals surface area contributed by atoms with Crippen molar-refractivity contribution in [2.75, 3.05) is 53.9 Å². The molecule has 2 aromatic carbocycles. The van der Waals surface area contributed by atoms with Crippen LogP contribution >= 0.6 is 0 Å². The molecule has 0 aliphatic carbocycles. The van der Waals surface area contributed by atoms with Crippen molar-refractivity contribution in [3.63, 3.8) is 0 Å². The van der Waals surface area contributed by atoms with Crippen molar-refractivity contribution in [3.05, 3.63) is 59.7 Å². The van der Waals surface area contributed by atoms with E-state index in [0.29, 0.717) is 11.1 Å². The zero-order chi connectivity index (χ0) is 38.2. The lowest BCUT2D eigenvalue weighted by atomic mass is 9.79. The lowest BCUT2D eigenvalue weighted by Gasteiger charge is -2.22. The Morgan fingerprint density at radius 3 is 1.25 bits per heavy atom. The van der Waals surface area contributed by atoms with Crippen LogP contribution in [0.15, 0.2) is 48.6 Å². The predicted molar refractivity (Wildman–Crippen MR) is 182 cm³/mol. The minimum absolute atomic E-state index is 0.0343. The van der Waals surface area contributed by atoms with Crippen LogP contribution in [0.1, 0.15) is 25.0 Å². The summed E-state index contributed by atoms with van der Waals surface area (Å²) in [6.07, 6.45) is 4.63. The van der Waals surface area contributed by atoms with E-state index in [9.17, 15) is 49.8 Å². The van der Waals surface area contributed by atoms with Gasteiger partial charge in [0.25, 0.3) is 0 Å². The van der Waals surface area contributed by atoms with Crippen molar-refractivity contribution >= 4 is 35.7 Å². The standard InChI is InChI=1S/C37H40O14/c1-35(21-40,22-41)33(46)50-27-11-7-25(19-29(27)48-3)9-13-31(44)37(15-5-17-38,16-6-18-39)32(45)14-10-26-8-12-28(30(20-26)49-4)51-34(47)36(2,23-42)24-43/h7-14,19-20,38-43H,17-18,21-24H2,1-4H3/b13-9+,14-10+. The Morgan fingerprint density at radius 1 is 0.608 bits per heavy atom. The molecule has 0 fully saturated rings. The van der Waals surface area contributed by atoms with E-state index in [0.717, 1.165) is 12.2 Å². The van der Waals surface area contributed by atoms with Gasteiger partial charge in [0.15, 0.2) is 34.6 Å². The fourth-order valence-corrected chi connectivity index (χ4v) is 3.89. The van der Waals surface area contributed by atoms with Crippen LogP contribution in [0.2, 0.25) is 0 Å². The predicted octanol–water partition coefficient (Wildman–Crippen LogP) is 0.339. The number of ketones is 2. The Labute approximate surface area is 294 Å². The maximum absolute atomic E-state index is 13.7. The molecule has 2 rings (SSSR count). The number of aliphatic hydroxyl groups is 6. The van der Waals surface area contributed by atoms with E-state index in [1.807, 2.05) is 0 Å². The molecule has 0 unspecified atom stereocenters. The summed E-state index contributed by atoms with van der Waals surface area (Å²) >= 11 is 0. The molecule has 0 radical (unpaired) electrons. The number of benzene rings is 2. The first-order valence-electron chi connectivity index (χ1n) is 15.2. The number of hydrogen-bond acceptors (Lipinski definition) is 14. The van der Waals surface area contributed by atoms with Crippen LogP contribution in [0.25, 0.3) is 12.2 Å². The summed E-state index contributed by atoms with van der Waals surface area (Å²) < 4.78 is 21.2. The van der Waals surface area contributed by atoms with Crippen molar-refractivity contribution in [2.45, 2.75) is 13.8 Å². The number of allylic oxidation sites excluding steroid dienone is 2. The summed E-state index contributed by atoms with van der Waals surface area (Å²) in [5.41, 5.74) is -4.81. The van der Waals surface area contributed by atoms with Crippen molar-refractivity contribution in [1.82, 2.24) is 0 Å². The molecule has 0 bridgehead atoms. The molecule has 0 aromatic heterocycles. The maximum atomic E-state index is 13.7. The second-order valence-electron chi connectivity index (χ2n) is 11.4. The molecule has 0 saturated heterocycles. The van der Waals surface area contributed by atoms with Gasteiger partial charge in [-0.3, -0.25) is 19.2 Å². The van der Waals surface area contributed by atoms with Crippen LogP contribution in [-0.4, -0.2) is 108 Å². The number of esters is 2. The molecule has 0 atom stereocenters. The van der Waals surface area contributed by atoms with Crippen molar-refractivity contribution in [2.24, 2.45) is 16.2 Å². The topological polar surface area (TPSA) is 227 Å². The Bertz CT molecular complexity index is 1630. The lowest BCUT2D eigenvalue weighted by Crippen LogP contribution is -2.38. The monoisotopic (exact) mass is 708 g/mol. The molecule has 0 aliphatic heterocycles. The van der Waals surface area contributed by atoms with Crippen molar-refractivity contribution in [1.29, 1.82) is 0 Å². The van der Waals surface area contributed by atoms with E-state index in [1.165, 1.54) is 76.6 Å². The van der Waals surface area contributed by atoms with Gasteiger partial charge in [0.2, 0.25) is 5.41 Å². The number of hydrogen-bond donors (Lipinski definition) is 6. The molecule has 0 heterocycles. The second kappa shape index (κ2) is 19.2. The highest BCUT2D eigenvalue weighted by atomic mass is 16.6. The number of rotatable bonds is 16. The lowest BCUT2D eigenvalue weighted by molar-refractivity contribution is -0.151. The number of carbonyl (C=O) groups excluding carboxylic acids is 4. The summed E-state index contributed by atoms with van der Waals surface area (Å²) in [6.45, 7) is -1.49. The molecule has 14 nitrogen and oxygen atoms in total. The van der Waals surface area contributed by atoms with Crippen LogP contribution < -0.4 is 18.9 Å². The highest BCUT2D eigenvalue weighted by molar-refractivity contribution is 6.22. The Morgan fingerprint density at radius 2 is 0.961 bits per heavy atom. The van der Waals surface area contributed by atoms with Gasteiger partial charge in [-0.05, 0) is 61.4 Å². The molecule has 14 heteroatoms. The van der Waals surface area contributed by atoms with Gasteiger partial charge < -0.3 is 49.6 Å². The first-order valence-corrected chi connectivity index (χ1v) is 15.2. The van der Waals surface area contributed by atoms with Gasteiger partial charge in [-0.2, -0.15) is 0 Å². The molecule has 2 aromatic rings. The summed E-state index contributed by atoms with van der Waals surface area (Å²) in [7, 11) is 2.60. The van der Waals surface area contributed by atoms with E-state index in [-0.39, 0.29) is 23.0 Å². The molecule has 6 N–H and O–H groups in total. The zero-order valence-corrected chi connectivity index (χ0v) is 28.5. The molecule has 51 heavy (non-hydrogen) atoms. The summed E-state index contributed by atoms with van der Waals surface area (Å²) in [4.78, 5) is 52.3. The first kappa shape index (κ1) is 41.8. The summed E-state index contributed by atoms with van der Waals surface area (Å²) in [5, 5.41) is 56.7. The smallest absolute Gasteiger partial charge is 0.322 e. The zero-order valence-electron chi connectivity index (χ0n) is 28.5. The maximum Gasteiger partial charge on any atom is 0.322 e. The van der Waals surface area contributed by atoms with Gasteiger partial charge in [-0.25, -0.2) is 0 Å². The molecule has 0 aliphatic rings. The van der Waals surface area contributed by atoms with E-state index in [2.05, 4.69) is 23.7 Å². The number of aliphatic hydroxyl groups excluding tert-OH is 6. The van der Waals surface area contributed by atoms with E-state index < -0.39 is 79.4 Å². The Kier molecular flexibility index (Phi) is 15.7. The molecule has 0 spiro atoms. The van der Waals surface area contributed by atoms with Crippen LogP contribution in [-0.2, 0) is 19.2 Å². The summed E-state index contributed by atoms with van der Waals surface area (Å²) in [6, 6.07) is 8.43. The molecular weight excluding hydrogens is 668 g/mol. The van der Waals surface area contributed by atoms with Gasteiger partial charge in [0, 0.05) is 0 Å². The molecule has 272 valence electrons. The van der Waals surface area contributed by atoms with Crippen LogP contribution in [0.4, 0.5) is 0 Å². The third kappa shape index (κ3) is 10.3. The fraction of sp³-hybridized carbons (Fsp3) is 0.351. The SMILES string of the molecule is COc1cc(/C=C/C(=O)C(C#CCO)(C#CCO)C(=O)/C=C/c2ccc(OC(=O)C(C)(CO)CO)c(OC)c2)ccc1OC(=O)C(C)(CO)CO. The van der Waals surface area contributed by atoms with Crippen LogP contribution in [0, 0.1) is 39.9 Å². The third-order valence-corrected chi connectivity index (χ3v) is 7.47. The Hall–Kier alpha value is -5.32. The normalized spacial score (nSPS) is 11.6. The van der Waals surface area contributed by atoms with Gasteiger partial charge in [-0.15, -0.1) is 0 Å². The number of methoxy groups -OCH3 is 2. The van der Waals surface area contributed by atoms with Gasteiger partial charge in [0.1, 0.15) is 24.0 Å². The largest absolute Gasteiger partial charge is 0.493 e. The highest BCUT2D eigenvalue weighted by Crippen LogP contribution is 2.33. The average Bonchev–Trinajstić information content (AvgIpc) is 3.15. The number of ether oxygens (including phenoxy) is 4. The number of carbonyl (C=O) groups is 4. The Balaban J connectivity index is 2.47. The van der Waals surface area contributed by atoms with Gasteiger partial charge in [0.05, 0.1) is 40.6 Å². The van der Waals surface area contributed by atoms with E-state index >= 15 is 0 Å². The quantitative estimate of drug-likeness (QED) is 0.0455. The first-order chi connectivity index (χ1) is 24.3. The second-order valence-corrected chi connectivity index (χ2v) is 11.4. The molecular formula is C37H40O14. The minimum atomic E-state index is -2.37. The van der Waals surface area contributed by atoms with E-state index in [4.69, 9.17) is 18.9 Å². The van der Waals surface area contributed by atoms with E-state index in [1.54, 1.807) is 0 Å². The van der Waals surface area contributed by atoms with Gasteiger partial charge >= 0.3 is 11.9 Å². The third-order valence-electron chi connectivity index (χ3n) is 7.47. The average molecular weight is 709 g/mol. The molecule has 0 amide bonds. The van der Waals surface area contributed by atoms with Crippen molar-refractivity contribution in [3.8, 4) is 46.7 Å². The van der Waals surface area contributed by atoms with Crippen LogP contribution in [0.5, 0.6) is 23.0 Å². The minimum Gasteiger partial charge on any atom is -0.493 e. The highest BCUT2D eigenvalue weighted by Gasteiger charge is 2.40. The van der Waals surface area contributed by atoms with Crippen molar-refractivity contribution < 1.29 is 68.8 Å². The fourth-order valence-electron chi connectivity index (χ4n) is 3.89. The van der Waals surface area contributed by atoms with Gasteiger partial charge in [-0.1, -0.05) is 48.0 Å². The van der Waals surface area contributed by atoms with Crippen LogP contribution in [0.3, 0.4) is 0 Å².